The largest absolute Gasteiger partial charge is 0.490 e. The number of carboxylic acids is 2. The number of carboxylic acid groups (broad SMARTS) is 2. The maximum absolute atomic E-state index is 13.3. The Hall–Kier alpha value is -3.77. The van der Waals surface area contributed by atoms with Gasteiger partial charge >= 0.3 is 18.1 Å². The Morgan fingerprint density at radius 3 is 2.28 bits per heavy atom. The van der Waals surface area contributed by atoms with Crippen molar-refractivity contribution < 1.29 is 42.8 Å². The molecular weight excluding hydrogens is 483 g/mol. The highest BCUT2D eigenvalue weighted by molar-refractivity contribution is 6.27. The average Bonchev–Trinajstić information content (AvgIpc) is 3.33. The minimum Gasteiger partial charge on any atom is -0.490 e. The molecule has 1 atom stereocenters. The predicted octanol–water partition coefficient (Wildman–Crippen LogP) is 2.90. The van der Waals surface area contributed by atoms with E-state index in [0.29, 0.717) is 38.5 Å². The van der Waals surface area contributed by atoms with Gasteiger partial charge in [-0.2, -0.15) is 13.2 Å². The Labute approximate surface area is 204 Å². The van der Waals surface area contributed by atoms with Crippen LogP contribution in [0.25, 0.3) is 10.9 Å². The third-order valence-electron chi connectivity index (χ3n) is 5.56. The molecule has 0 saturated carbocycles. The number of benzene rings is 2. The first kappa shape index (κ1) is 26.8. The van der Waals surface area contributed by atoms with E-state index in [4.69, 9.17) is 24.5 Å². The lowest BCUT2D eigenvalue weighted by molar-refractivity contribution is -0.159. The van der Waals surface area contributed by atoms with Gasteiger partial charge in [-0.1, -0.05) is 18.2 Å². The zero-order valence-corrected chi connectivity index (χ0v) is 19.1. The number of ether oxygens (including phenoxy) is 1. The van der Waals surface area contributed by atoms with Crippen molar-refractivity contribution in [1.29, 1.82) is 0 Å². The van der Waals surface area contributed by atoms with Crippen molar-refractivity contribution in [3.05, 3.63) is 60.3 Å². The molecule has 9 nitrogen and oxygen atoms in total. The second-order valence-corrected chi connectivity index (χ2v) is 8.07. The summed E-state index contributed by atoms with van der Waals surface area (Å²) < 4.78 is 45.6. The second kappa shape index (κ2) is 11.8. The van der Waals surface area contributed by atoms with Crippen molar-refractivity contribution in [1.82, 2.24) is 9.88 Å². The summed E-state index contributed by atoms with van der Waals surface area (Å²) in [5.41, 5.74) is 0.580. The second-order valence-electron chi connectivity index (χ2n) is 8.07. The summed E-state index contributed by atoms with van der Waals surface area (Å²) in [7, 11) is 0. The molecule has 1 aromatic heterocycles. The molecule has 2 heterocycles. The van der Waals surface area contributed by atoms with Crippen LogP contribution in [0.4, 0.5) is 18.9 Å². The summed E-state index contributed by atoms with van der Waals surface area (Å²) >= 11 is 0. The first-order valence-corrected chi connectivity index (χ1v) is 11.0. The van der Waals surface area contributed by atoms with Crippen molar-refractivity contribution in [2.24, 2.45) is 0 Å². The van der Waals surface area contributed by atoms with Crippen LogP contribution in [-0.4, -0.2) is 82.6 Å². The molecule has 1 aliphatic rings. The number of β-amino-alcohol motifs (C(OH)–C–C–N with tert-alkyl or cyclic N) is 1. The number of halogens is 3. The van der Waals surface area contributed by atoms with Gasteiger partial charge in [-0.3, -0.25) is 4.90 Å². The first-order chi connectivity index (χ1) is 17.1. The Balaban J connectivity index is 0.000000538. The van der Waals surface area contributed by atoms with E-state index < -0.39 is 29.8 Å². The standard InChI is InChI=1S/C22H24F3N3O2.C2H2O4/c23-22(24,25)18-4-1-2-6-20(18)28-12-10-27(11-13-28)14-16(29)15-30-21-7-3-5-19-17(21)8-9-26-19;3-1(4)2(5)6/h1-9,16,26,29H,10-15H2;(H,3,4)(H,5,6)/t16-;/m0./s1. The number of carbonyl (C=O) groups is 2. The van der Waals surface area contributed by atoms with Crippen LogP contribution in [0.15, 0.2) is 54.7 Å². The van der Waals surface area contributed by atoms with Crippen LogP contribution in [0.5, 0.6) is 5.75 Å². The molecule has 0 bridgehead atoms. The van der Waals surface area contributed by atoms with Gasteiger partial charge in [-0.15, -0.1) is 0 Å². The number of piperazine rings is 1. The molecule has 194 valence electrons. The van der Waals surface area contributed by atoms with Crippen LogP contribution < -0.4 is 9.64 Å². The van der Waals surface area contributed by atoms with Crippen LogP contribution in [0.2, 0.25) is 0 Å². The summed E-state index contributed by atoms with van der Waals surface area (Å²) in [6.07, 6.45) is -3.22. The highest BCUT2D eigenvalue weighted by atomic mass is 19.4. The molecule has 0 aliphatic carbocycles. The van der Waals surface area contributed by atoms with E-state index in [-0.39, 0.29) is 12.3 Å². The molecule has 4 rings (SSSR count). The average molecular weight is 509 g/mol. The molecule has 0 unspecified atom stereocenters. The van der Waals surface area contributed by atoms with E-state index in [2.05, 4.69) is 9.88 Å². The Kier molecular flexibility index (Phi) is 8.78. The number of aliphatic carboxylic acids is 2. The number of aliphatic hydroxyl groups is 1. The number of aliphatic hydroxyl groups excluding tert-OH is 1. The molecule has 4 N–H and O–H groups in total. The van der Waals surface area contributed by atoms with Crippen LogP contribution in [-0.2, 0) is 15.8 Å². The van der Waals surface area contributed by atoms with Crippen LogP contribution in [0.3, 0.4) is 0 Å². The monoisotopic (exact) mass is 509 g/mol. The third kappa shape index (κ3) is 7.12. The van der Waals surface area contributed by atoms with Gasteiger partial charge in [0.05, 0.1) is 5.56 Å². The van der Waals surface area contributed by atoms with Crippen molar-refractivity contribution in [3.8, 4) is 5.75 Å². The van der Waals surface area contributed by atoms with Gasteiger partial charge in [-0.25, -0.2) is 9.59 Å². The van der Waals surface area contributed by atoms with Crippen molar-refractivity contribution in [2.75, 3.05) is 44.2 Å². The number of nitrogens with one attached hydrogen (secondary N) is 1. The smallest absolute Gasteiger partial charge is 0.418 e. The number of nitrogens with zero attached hydrogens (tertiary/aromatic N) is 2. The number of rotatable bonds is 6. The first-order valence-electron chi connectivity index (χ1n) is 11.0. The summed E-state index contributed by atoms with van der Waals surface area (Å²) in [6, 6.07) is 13.3. The van der Waals surface area contributed by atoms with Gasteiger partial charge in [0.25, 0.3) is 0 Å². The fourth-order valence-corrected chi connectivity index (χ4v) is 3.88. The Bertz CT molecular complexity index is 1160. The third-order valence-corrected chi connectivity index (χ3v) is 5.56. The van der Waals surface area contributed by atoms with E-state index in [0.717, 1.165) is 17.0 Å². The molecule has 1 aliphatic heterocycles. The van der Waals surface area contributed by atoms with Crippen LogP contribution in [0.1, 0.15) is 5.56 Å². The molecular formula is C24H26F3N3O6. The molecule has 0 radical (unpaired) electrons. The number of anilines is 1. The van der Waals surface area contributed by atoms with Gasteiger partial charge in [0.15, 0.2) is 0 Å². The summed E-state index contributed by atoms with van der Waals surface area (Å²) in [4.78, 5) is 25.1. The van der Waals surface area contributed by atoms with E-state index in [1.54, 1.807) is 11.0 Å². The van der Waals surface area contributed by atoms with Crippen LogP contribution in [0, 0.1) is 0 Å². The number of para-hydroxylation sites is 1. The van der Waals surface area contributed by atoms with Gasteiger partial charge in [-0.05, 0) is 30.3 Å². The predicted molar refractivity (Wildman–Crippen MR) is 125 cm³/mol. The number of alkyl halides is 3. The molecule has 0 amide bonds. The van der Waals surface area contributed by atoms with Gasteiger partial charge < -0.3 is 29.9 Å². The SMILES string of the molecule is O=C(O)C(=O)O.O[C@H](COc1cccc2[nH]ccc12)CN1CCN(c2ccccc2C(F)(F)F)CC1. The molecule has 1 saturated heterocycles. The van der Waals surface area contributed by atoms with Crippen molar-refractivity contribution in [2.45, 2.75) is 12.3 Å². The van der Waals surface area contributed by atoms with Crippen LogP contribution >= 0.6 is 0 Å². The van der Waals surface area contributed by atoms with E-state index in [1.807, 2.05) is 30.5 Å². The quantitative estimate of drug-likeness (QED) is 0.374. The fourth-order valence-electron chi connectivity index (χ4n) is 3.88. The van der Waals surface area contributed by atoms with Gasteiger partial charge in [0.2, 0.25) is 0 Å². The van der Waals surface area contributed by atoms with Gasteiger partial charge in [0, 0.05) is 55.5 Å². The zero-order valence-electron chi connectivity index (χ0n) is 19.1. The normalized spacial score (nSPS) is 15.2. The number of hydrogen-bond acceptors (Lipinski definition) is 6. The summed E-state index contributed by atoms with van der Waals surface area (Å²) in [5, 5.41) is 26.1. The Morgan fingerprint density at radius 1 is 0.972 bits per heavy atom. The zero-order chi connectivity index (χ0) is 26.3. The highest BCUT2D eigenvalue weighted by Gasteiger charge is 2.35. The molecule has 36 heavy (non-hydrogen) atoms. The number of hydrogen-bond donors (Lipinski definition) is 4. The summed E-state index contributed by atoms with van der Waals surface area (Å²) in [6.45, 7) is 2.68. The molecule has 2 aromatic carbocycles. The molecule has 3 aromatic rings. The Morgan fingerprint density at radius 2 is 1.64 bits per heavy atom. The molecule has 1 fully saturated rings. The lowest BCUT2D eigenvalue weighted by Gasteiger charge is -2.37. The van der Waals surface area contributed by atoms with E-state index in [1.165, 1.54) is 12.1 Å². The maximum atomic E-state index is 13.3. The molecule has 0 spiro atoms. The highest BCUT2D eigenvalue weighted by Crippen LogP contribution is 2.36. The van der Waals surface area contributed by atoms with Crippen molar-refractivity contribution >= 4 is 28.5 Å². The van der Waals surface area contributed by atoms with E-state index >= 15 is 0 Å². The number of fused-ring (bicyclic) bond motifs is 1. The maximum Gasteiger partial charge on any atom is 0.418 e. The van der Waals surface area contributed by atoms with Gasteiger partial charge in [0.1, 0.15) is 18.5 Å². The topological polar surface area (TPSA) is 126 Å². The van der Waals surface area contributed by atoms with Crippen molar-refractivity contribution in [3.63, 3.8) is 0 Å². The lowest BCUT2D eigenvalue weighted by atomic mass is 10.1. The fraction of sp³-hybridized carbons (Fsp3) is 0.333. The molecule has 12 heteroatoms. The lowest BCUT2D eigenvalue weighted by Crippen LogP contribution is -2.49. The minimum atomic E-state index is -4.37. The number of aromatic amines is 1. The number of aromatic nitrogens is 1. The van der Waals surface area contributed by atoms with E-state index in [9.17, 15) is 18.3 Å². The number of H-pyrrole nitrogens is 1. The minimum absolute atomic E-state index is 0.154. The summed E-state index contributed by atoms with van der Waals surface area (Å²) in [5.74, 6) is -2.94.